The lowest BCUT2D eigenvalue weighted by Gasteiger charge is -2.35. The second kappa shape index (κ2) is 6.71. The van der Waals surface area contributed by atoms with E-state index in [1.54, 1.807) is 12.0 Å². The number of fused-ring (bicyclic) bond motifs is 1. The molecule has 130 valence electrons. The number of carbonyl (C=O) groups excluding carboxylic acids is 1. The first-order valence-corrected chi connectivity index (χ1v) is 8.43. The molecule has 2 amide bonds. The number of carboxylic acids is 1. The van der Waals surface area contributed by atoms with Crippen molar-refractivity contribution in [2.75, 3.05) is 20.2 Å². The van der Waals surface area contributed by atoms with E-state index in [0.717, 1.165) is 29.7 Å². The Kier molecular flexibility index (Phi) is 4.64. The van der Waals surface area contributed by atoms with E-state index in [1.165, 1.54) is 0 Å². The molecule has 1 aliphatic heterocycles. The van der Waals surface area contributed by atoms with Gasteiger partial charge >= 0.3 is 12.0 Å². The number of nitrogens with zero attached hydrogens (tertiary/aromatic N) is 1. The minimum Gasteiger partial charge on any atom is -0.496 e. The average Bonchev–Trinajstić information content (AvgIpc) is 2.97. The molecular weight excluding hydrogens is 308 g/mol. The number of benzene rings is 1. The van der Waals surface area contributed by atoms with Gasteiger partial charge in [-0.15, -0.1) is 0 Å². The monoisotopic (exact) mass is 332 g/mol. The van der Waals surface area contributed by atoms with Crippen LogP contribution in [0.25, 0.3) is 0 Å². The molecule has 2 N–H and O–H groups in total. The lowest BCUT2D eigenvalue weighted by Crippen LogP contribution is -2.50. The van der Waals surface area contributed by atoms with Crippen molar-refractivity contribution in [3.8, 4) is 5.75 Å². The molecule has 0 radical (unpaired) electrons. The van der Waals surface area contributed by atoms with Gasteiger partial charge in [0.15, 0.2) is 0 Å². The number of likely N-dealkylation sites (tertiary alicyclic amines) is 1. The summed E-state index contributed by atoms with van der Waals surface area (Å²) >= 11 is 0. The van der Waals surface area contributed by atoms with Crippen LogP contribution in [-0.2, 0) is 11.2 Å². The van der Waals surface area contributed by atoms with Gasteiger partial charge in [-0.25, -0.2) is 4.79 Å². The number of hydrogen-bond acceptors (Lipinski definition) is 3. The highest BCUT2D eigenvalue weighted by molar-refractivity contribution is 5.77. The summed E-state index contributed by atoms with van der Waals surface area (Å²) in [5.74, 6) is -0.242. The van der Waals surface area contributed by atoms with Crippen LogP contribution in [0.15, 0.2) is 18.2 Å². The van der Waals surface area contributed by atoms with Gasteiger partial charge in [0.2, 0.25) is 0 Å². The van der Waals surface area contributed by atoms with Crippen molar-refractivity contribution in [3.05, 3.63) is 29.3 Å². The van der Waals surface area contributed by atoms with Crippen LogP contribution in [0.4, 0.5) is 4.79 Å². The first-order chi connectivity index (χ1) is 11.5. The maximum atomic E-state index is 12.6. The second-order valence-corrected chi connectivity index (χ2v) is 6.85. The van der Waals surface area contributed by atoms with E-state index in [4.69, 9.17) is 4.74 Å². The normalized spacial score (nSPS) is 25.9. The lowest BCUT2D eigenvalue weighted by atomic mass is 9.91. The molecule has 0 aromatic heterocycles. The highest BCUT2D eigenvalue weighted by atomic mass is 16.5. The number of aliphatic carboxylic acids is 1. The predicted octanol–water partition coefficient (Wildman–Crippen LogP) is 2.43. The molecule has 1 saturated heterocycles. The number of rotatable bonds is 3. The van der Waals surface area contributed by atoms with Gasteiger partial charge in [0.1, 0.15) is 5.75 Å². The summed E-state index contributed by atoms with van der Waals surface area (Å²) in [4.78, 5) is 25.5. The summed E-state index contributed by atoms with van der Waals surface area (Å²) in [5.41, 5.74) is 2.25. The van der Waals surface area contributed by atoms with Crippen molar-refractivity contribution in [3.63, 3.8) is 0 Å². The van der Waals surface area contributed by atoms with Crippen molar-refractivity contribution in [1.29, 1.82) is 0 Å². The van der Waals surface area contributed by atoms with Gasteiger partial charge in [0, 0.05) is 13.1 Å². The van der Waals surface area contributed by atoms with Gasteiger partial charge in [0.05, 0.1) is 19.1 Å². The number of ether oxygens (including phenoxy) is 1. The third kappa shape index (κ3) is 3.18. The Bertz CT molecular complexity index is 646. The summed E-state index contributed by atoms with van der Waals surface area (Å²) < 4.78 is 5.39. The molecule has 1 fully saturated rings. The van der Waals surface area contributed by atoms with Gasteiger partial charge in [-0.1, -0.05) is 19.1 Å². The standard InChI is InChI=1S/C18H24N2O4/c1-11-8-12(17(21)22)10-20(9-11)18(23)19-15-7-6-14-13(15)4-3-5-16(14)24-2/h3-5,11-12,15H,6-10H2,1-2H3,(H,19,23)(H,21,22). The largest absolute Gasteiger partial charge is 0.496 e. The zero-order valence-corrected chi connectivity index (χ0v) is 14.1. The van der Waals surface area contributed by atoms with Crippen LogP contribution >= 0.6 is 0 Å². The molecule has 3 atom stereocenters. The van der Waals surface area contributed by atoms with Crippen molar-refractivity contribution in [1.82, 2.24) is 10.2 Å². The predicted molar refractivity (Wildman–Crippen MR) is 89.1 cm³/mol. The number of piperidine rings is 1. The van der Waals surface area contributed by atoms with E-state index in [2.05, 4.69) is 5.32 Å². The zero-order valence-electron chi connectivity index (χ0n) is 14.1. The fraction of sp³-hybridized carbons (Fsp3) is 0.556. The van der Waals surface area contributed by atoms with Crippen LogP contribution in [0.1, 0.15) is 36.9 Å². The Morgan fingerprint density at radius 1 is 1.33 bits per heavy atom. The first-order valence-electron chi connectivity index (χ1n) is 8.43. The van der Waals surface area contributed by atoms with E-state index in [0.29, 0.717) is 13.0 Å². The molecule has 0 saturated carbocycles. The molecule has 24 heavy (non-hydrogen) atoms. The summed E-state index contributed by atoms with van der Waals surface area (Å²) in [6, 6.07) is 5.68. The van der Waals surface area contributed by atoms with Gasteiger partial charge in [-0.2, -0.15) is 0 Å². The van der Waals surface area contributed by atoms with Crippen LogP contribution in [0.5, 0.6) is 5.75 Å². The fourth-order valence-corrected chi connectivity index (χ4v) is 3.90. The maximum Gasteiger partial charge on any atom is 0.317 e. The summed E-state index contributed by atoms with van der Waals surface area (Å²) in [6.07, 6.45) is 2.34. The fourth-order valence-electron chi connectivity index (χ4n) is 3.90. The van der Waals surface area contributed by atoms with Gasteiger partial charge in [-0.3, -0.25) is 4.79 Å². The smallest absolute Gasteiger partial charge is 0.317 e. The van der Waals surface area contributed by atoms with E-state index in [-0.39, 0.29) is 24.5 Å². The Morgan fingerprint density at radius 3 is 2.83 bits per heavy atom. The minimum absolute atomic E-state index is 0.0388. The molecule has 0 bridgehead atoms. The Hall–Kier alpha value is -2.24. The van der Waals surface area contributed by atoms with Gasteiger partial charge in [0.25, 0.3) is 0 Å². The molecule has 1 aromatic rings. The topological polar surface area (TPSA) is 78.9 Å². The molecule has 1 heterocycles. The van der Waals surface area contributed by atoms with Crippen LogP contribution in [0.3, 0.4) is 0 Å². The number of methoxy groups -OCH3 is 1. The van der Waals surface area contributed by atoms with E-state index >= 15 is 0 Å². The van der Waals surface area contributed by atoms with E-state index in [9.17, 15) is 14.7 Å². The molecule has 1 aromatic carbocycles. The van der Waals surface area contributed by atoms with Crippen molar-refractivity contribution >= 4 is 12.0 Å². The number of carboxylic acid groups (broad SMARTS) is 1. The van der Waals surface area contributed by atoms with Crippen LogP contribution in [0.2, 0.25) is 0 Å². The maximum absolute atomic E-state index is 12.6. The SMILES string of the molecule is COc1cccc2c1CCC2NC(=O)N1CC(C)CC(C(=O)O)C1. The van der Waals surface area contributed by atoms with Crippen molar-refractivity contribution in [2.24, 2.45) is 11.8 Å². The second-order valence-electron chi connectivity index (χ2n) is 6.85. The number of urea groups is 1. The molecule has 3 rings (SSSR count). The van der Waals surface area contributed by atoms with E-state index in [1.807, 2.05) is 25.1 Å². The summed E-state index contributed by atoms with van der Waals surface area (Å²) in [6.45, 7) is 2.88. The van der Waals surface area contributed by atoms with Crippen LogP contribution in [0, 0.1) is 11.8 Å². The molecule has 3 unspecified atom stereocenters. The Labute approximate surface area is 141 Å². The highest BCUT2D eigenvalue weighted by Crippen LogP contribution is 2.37. The van der Waals surface area contributed by atoms with Gasteiger partial charge < -0.3 is 20.1 Å². The average molecular weight is 332 g/mol. The number of hydrogen-bond donors (Lipinski definition) is 2. The van der Waals surface area contributed by atoms with Crippen molar-refractivity contribution in [2.45, 2.75) is 32.2 Å². The molecule has 1 aliphatic carbocycles. The number of nitrogens with one attached hydrogen (secondary N) is 1. The summed E-state index contributed by atoms with van der Waals surface area (Å²) in [7, 11) is 1.66. The summed E-state index contributed by atoms with van der Waals surface area (Å²) in [5, 5.41) is 12.3. The number of carbonyl (C=O) groups is 2. The highest BCUT2D eigenvalue weighted by Gasteiger charge is 2.34. The third-order valence-corrected chi connectivity index (χ3v) is 5.04. The molecule has 6 nitrogen and oxygen atoms in total. The first kappa shape index (κ1) is 16.6. The minimum atomic E-state index is -0.824. The lowest BCUT2D eigenvalue weighted by molar-refractivity contribution is -0.143. The van der Waals surface area contributed by atoms with Crippen LogP contribution < -0.4 is 10.1 Å². The molecule has 2 aliphatic rings. The van der Waals surface area contributed by atoms with E-state index < -0.39 is 11.9 Å². The molecular formula is C18H24N2O4. The zero-order chi connectivity index (χ0) is 17.3. The Balaban J connectivity index is 1.69. The molecule has 0 spiro atoms. The van der Waals surface area contributed by atoms with Crippen LogP contribution in [-0.4, -0.2) is 42.2 Å². The quantitative estimate of drug-likeness (QED) is 0.891. The third-order valence-electron chi connectivity index (χ3n) is 5.04. The Morgan fingerprint density at radius 2 is 2.12 bits per heavy atom. The molecule has 6 heteroatoms. The van der Waals surface area contributed by atoms with Gasteiger partial charge in [-0.05, 0) is 42.4 Å². The van der Waals surface area contributed by atoms with Crippen molar-refractivity contribution < 1.29 is 19.4 Å². The number of amides is 2.